The molecule has 0 spiro atoms. The van der Waals surface area contributed by atoms with Gasteiger partial charge in [-0.3, -0.25) is 0 Å². The van der Waals surface area contributed by atoms with Crippen LogP contribution in [-0.2, 0) is 0 Å². The zero-order valence-electron chi connectivity index (χ0n) is 8.91. The Hall–Kier alpha value is -1.80. The molecule has 0 aliphatic carbocycles. The molecule has 0 fully saturated rings. The zero-order chi connectivity index (χ0) is 11.2. The molecule has 0 aliphatic rings. The van der Waals surface area contributed by atoms with Gasteiger partial charge in [-0.05, 0) is 17.7 Å². The van der Waals surface area contributed by atoms with Crippen LogP contribution in [0.3, 0.4) is 0 Å². The van der Waals surface area contributed by atoms with Gasteiger partial charge in [0.25, 0.3) is 0 Å². The maximum absolute atomic E-state index is 9.86. The van der Waals surface area contributed by atoms with Crippen LogP contribution in [-0.4, -0.2) is 11.7 Å². The van der Waals surface area contributed by atoms with Gasteiger partial charge in [-0.15, -0.1) is 0 Å². The number of benzene rings is 2. The topological polar surface area (TPSA) is 29.5 Å². The summed E-state index contributed by atoms with van der Waals surface area (Å²) in [6.07, 6.45) is -0.582. The Morgan fingerprint density at radius 3 is 2.06 bits per heavy atom. The SMILES string of the molecule is O[C@@H](COc1ccccc1)c1ccccc1. The lowest BCUT2D eigenvalue weighted by Gasteiger charge is -2.12. The van der Waals surface area contributed by atoms with Gasteiger partial charge in [0.1, 0.15) is 18.5 Å². The van der Waals surface area contributed by atoms with E-state index in [9.17, 15) is 5.11 Å². The van der Waals surface area contributed by atoms with Crippen molar-refractivity contribution in [1.82, 2.24) is 0 Å². The first-order valence-electron chi connectivity index (χ1n) is 5.27. The lowest BCUT2D eigenvalue weighted by atomic mass is 10.1. The molecule has 1 atom stereocenters. The summed E-state index contributed by atoms with van der Waals surface area (Å²) >= 11 is 0. The number of hydrogen-bond acceptors (Lipinski definition) is 2. The molecule has 2 heteroatoms. The molecule has 0 aromatic heterocycles. The van der Waals surface area contributed by atoms with Crippen LogP contribution in [0.15, 0.2) is 60.7 Å². The fourth-order valence-corrected chi connectivity index (χ4v) is 1.46. The number of para-hydroxylation sites is 1. The number of aliphatic hydroxyl groups excluding tert-OH is 1. The first-order chi connectivity index (χ1) is 7.86. The first kappa shape index (κ1) is 10.7. The van der Waals surface area contributed by atoms with Gasteiger partial charge in [0.05, 0.1) is 0 Å². The summed E-state index contributed by atoms with van der Waals surface area (Å²) in [7, 11) is 0. The third kappa shape index (κ3) is 2.84. The second-order valence-electron chi connectivity index (χ2n) is 3.55. The first-order valence-corrected chi connectivity index (χ1v) is 5.27. The van der Waals surface area contributed by atoms with Gasteiger partial charge < -0.3 is 9.84 Å². The summed E-state index contributed by atoms with van der Waals surface area (Å²) in [6, 6.07) is 19.0. The zero-order valence-corrected chi connectivity index (χ0v) is 8.91. The van der Waals surface area contributed by atoms with E-state index < -0.39 is 6.10 Å². The molecule has 0 heterocycles. The van der Waals surface area contributed by atoms with Gasteiger partial charge in [-0.2, -0.15) is 0 Å². The molecule has 82 valence electrons. The van der Waals surface area contributed by atoms with Crippen molar-refractivity contribution in [2.45, 2.75) is 6.10 Å². The molecule has 0 saturated carbocycles. The van der Waals surface area contributed by atoms with Crippen LogP contribution in [0.1, 0.15) is 11.7 Å². The molecule has 0 saturated heterocycles. The van der Waals surface area contributed by atoms with Crippen molar-refractivity contribution in [3.05, 3.63) is 66.2 Å². The Morgan fingerprint density at radius 2 is 1.44 bits per heavy atom. The van der Waals surface area contributed by atoms with Crippen molar-refractivity contribution in [3.8, 4) is 5.75 Å². The van der Waals surface area contributed by atoms with Crippen LogP contribution in [0.2, 0.25) is 0 Å². The molecule has 0 amide bonds. The third-order valence-electron chi connectivity index (χ3n) is 2.34. The van der Waals surface area contributed by atoms with Gasteiger partial charge in [-0.1, -0.05) is 48.5 Å². The molecular weight excluding hydrogens is 200 g/mol. The van der Waals surface area contributed by atoms with Gasteiger partial charge in [0, 0.05) is 0 Å². The standard InChI is InChI=1S/C14H14O2/c15-14(12-7-3-1-4-8-12)11-16-13-9-5-2-6-10-13/h1-10,14-15H,11H2/t14-/m0/s1. The largest absolute Gasteiger partial charge is 0.491 e. The van der Waals surface area contributed by atoms with Gasteiger partial charge >= 0.3 is 0 Å². The lowest BCUT2D eigenvalue weighted by Crippen LogP contribution is -2.09. The van der Waals surface area contributed by atoms with Gasteiger partial charge in [0.15, 0.2) is 0 Å². The van der Waals surface area contributed by atoms with E-state index in [0.717, 1.165) is 11.3 Å². The molecule has 1 N–H and O–H groups in total. The van der Waals surface area contributed by atoms with E-state index in [-0.39, 0.29) is 6.61 Å². The number of rotatable bonds is 4. The molecule has 0 unspecified atom stereocenters. The van der Waals surface area contributed by atoms with E-state index in [2.05, 4.69) is 0 Å². The molecule has 2 rings (SSSR count). The smallest absolute Gasteiger partial charge is 0.119 e. The monoisotopic (exact) mass is 214 g/mol. The van der Waals surface area contributed by atoms with E-state index in [4.69, 9.17) is 4.74 Å². The van der Waals surface area contributed by atoms with Crippen molar-refractivity contribution in [2.24, 2.45) is 0 Å². The van der Waals surface area contributed by atoms with Crippen LogP contribution in [0.4, 0.5) is 0 Å². The highest BCUT2D eigenvalue weighted by Crippen LogP contribution is 2.15. The molecule has 2 aromatic rings. The normalized spacial score (nSPS) is 12.1. The average molecular weight is 214 g/mol. The minimum absolute atomic E-state index is 0.272. The van der Waals surface area contributed by atoms with Crippen LogP contribution in [0.25, 0.3) is 0 Å². The molecule has 0 bridgehead atoms. The van der Waals surface area contributed by atoms with Crippen molar-refractivity contribution in [1.29, 1.82) is 0 Å². The molecule has 0 aliphatic heterocycles. The van der Waals surface area contributed by atoms with Gasteiger partial charge in [-0.25, -0.2) is 0 Å². The summed E-state index contributed by atoms with van der Waals surface area (Å²) in [5.74, 6) is 0.775. The Labute approximate surface area is 95.1 Å². The molecule has 2 aromatic carbocycles. The minimum Gasteiger partial charge on any atom is -0.491 e. The van der Waals surface area contributed by atoms with E-state index in [0.29, 0.717) is 0 Å². The average Bonchev–Trinajstić information content (AvgIpc) is 2.38. The molecular formula is C14H14O2. The number of aliphatic hydroxyl groups is 1. The molecule has 0 radical (unpaired) electrons. The van der Waals surface area contributed by atoms with Crippen molar-refractivity contribution in [3.63, 3.8) is 0 Å². The Kier molecular flexibility index (Phi) is 3.57. The maximum Gasteiger partial charge on any atom is 0.119 e. The minimum atomic E-state index is -0.582. The van der Waals surface area contributed by atoms with Gasteiger partial charge in [0.2, 0.25) is 0 Å². The quantitative estimate of drug-likeness (QED) is 0.848. The summed E-state index contributed by atoms with van der Waals surface area (Å²) in [5.41, 5.74) is 0.874. The van der Waals surface area contributed by atoms with Crippen LogP contribution < -0.4 is 4.74 Å². The highest BCUT2D eigenvalue weighted by molar-refractivity contribution is 5.22. The fourth-order valence-electron chi connectivity index (χ4n) is 1.46. The predicted octanol–water partition coefficient (Wildman–Crippen LogP) is 2.80. The van der Waals surface area contributed by atoms with Crippen LogP contribution in [0.5, 0.6) is 5.75 Å². The second kappa shape index (κ2) is 5.33. The predicted molar refractivity (Wildman–Crippen MR) is 63.3 cm³/mol. The van der Waals surface area contributed by atoms with E-state index in [1.165, 1.54) is 0 Å². The van der Waals surface area contributed by atoms with Crippen molar-refractivity contribution < 1.29 is 9.84 Å². The maximum atomic E-state index is 9.86. The lowest BCUT2D eigenvalue weighted by molar-refractivity contribution is 0.108. The molecule has 2 nitrogen and oxygen atoms in total. The van der Waals surface area contributed by atoms with E-state index >= 15 is 0 Å². The van der Waals surface area contributed by atoms with Crippen LogP contribution >= 0.6 is 0 Å². The van der Waals surface area contributed by atoms with Crippen molar-refractivity contribution in [2.75, 3.05) is 6.61 Å². The Balaban J connectivity index is 1.92. The second-order valence-corrected chi connectivity index (χ2v) is 3.55. The number of hydrogen-bond donors (Lipinski definition) is 1. The Bertz CT molecular complexity index is 411. The highest BCUT2D eigenvalue weighted by Gasteiger charge is 2.06. The molecule has 16 heavy (non-hydrogen) atoms. The summed E-state index contributed by atoms with van der Waals surface area (Å²) in [6.45, 7) is 0.272. The summed E-state index contributed by atoms with van der Waals surface area (Å²) in [4.78, 5) is 0. The van der Waals surface area contributed by atoms with E-state index in [1.54, 1.807) is 0 Å². The highest BCUT2D eigenvalue weighted by atomic mass is 16.5. The number of ether oxygens (including phenoxy) is 1. The Morgan fingerprint density at radius 1 is 0.875 bits per heavy atom. The van der Waals surface area contributed by atoms with E-state index in [1.807, 2.05) is 60.7 Å². The summed E-state index contributed by atoms with van der Waals surface area (Å²) in [5, 5.41) is 9.86. The van der Waals surface area contributed by atoms with Crippen molar-refractivity contribution >= 4 is 0 Å². The van der Waals surface area contributed by atoms with Crippen LogP contribution in [0, 0.1) is 0 Å². The fraction of sp³-hybridized carbons (Fsp3) is 0.143. The third-order valence-corrected chi connectivity index (χ3v) is 2.34. The summed E-state index contributed by atoms with van der Waals surface area (Å²) < 4.78 is 5.47.